The smallest absolute Gasteiger partial charge is 0.317 e. The first-order valence-corrected chi connectivity index (χ1v) is 7.14. The minimum absolute atomic E-state index is 0.00390. The number of rotatable bonds is 2. The van der Waals surface area contributed by atoms with Crippen molar-refractivity contribution >= 4 is 6.03 Å². The normalized spacial score (nSPS) is 17.1. The summed E-state index contributed by atoms with van der Waals surface area (Å²) < 4.78 is 0. The van der Waals surface area contributed by atoms with Gasteiger partial charge in [-0.1, -0.05) is 6.07 Å². The predicted octanol–water partition coefficient (Wildman–Crippen LogP) is 1.71. The molecule has 0 spiro atoms. The number of pyridine rings is 1. The van der Waals surface area contributed by atoms with Crippen LogP contribution in [-0.4, -0.2) is 52.5 Å². The van der Waals surface area contributed by atoms with E-state index in [1.54, 1.807) is 6.20 Å². The maximum atomic E-state index is 12.1. The number of carbonyl (C=O) groups is 1. The molecule has 1 fully saturated rings. The molecule has 1 aromatic rings. The monoisotopic (exact) mass is 276 g/mol. The fourth-order valence-electron chi connectivity index (χ4n) is 2.36. The van der Waals surface area contributed by atoms with E-state index in [0.717, 1.165) is 31.9 Å². The average Bonchev–Trinajstić information content (AvgIpc) is 2.45. The van der Waals surface area contributed by atoms with Crippen molar-refractivity contribution in [2.24, 2.45) is 0 Å². The third-order valence-corrected chi connectivity index (χ3v) is 3.66. The Morgan fingerprint density at radius 1 is 1.25 bits per heavy atom. The van der Waals surface area contributed by atoms with E-state index in [1.807, 2.05) is 23.1 Å². The fraction of sp³-hybridized carbons (Fsp3) is 0.600. The summed E-state index contributed by atoms with van der Waals surface area (Å²) in [7, 11) is 0. The van der Waals surface area contributed by atoms with Gasteiger partial charge in [-0.05, 0) is 32.9 Å². The van der Waals surface area contributed by atoms with Crippen molar-refractivity contribution in [3.63, 3.8) is 0 Å². The predicted molar refractivity (Wildman–Crippen MR) is 79.4 cm³/mol. The molecule has 5 heteroatoms. The lowest BCUT2D eigenvalue weighted by Crippen LogP contribution is -2.56. The molecule has 1 aromatic heterocycles. The van der Waals surface area contributed by atoms with Gasteiger partial charge < -0.3 is 10.2 Å². The molecular weight excluding hydrogens is 252 g/mol. The number of aromatic nitrogens is 1. The van der Waals surface area contributed by atoms with Crippen LogP contribution in [0.4, 0.5) is 4.79 Å². The Hall–Kier alpha value is -1.62. The lowest BCUT2D eigenvalue weighted by Gasteiger charge is -2.42. The van der Waals surface area contributed by atoms with E-state index in [-0.39, 0.29) is 11.6 Å². The third-order valence-electron chi connectivity index (χ3n) is 3.66. The minimum atomic E-state index is 0.00390. The minimum Gasteiger partial charge on any atom is -0.332 e. The summed E-state index contributed by atoms with van der Waals surface area (Å²) in [6, 6.07) is 5.72. The Bertz CT molecular complexity index is 433. The highest BCUT2D eigenvalue weighted by Gasteiger charge is 2.27. The molecule has 0 radical (unpaired) electrons. The van der Waals surface area contributed by atoms with Gasteiger partial charge in [0.05, 0.1) is 12.2 Å². The Labute approximate surface area is 121 Å². The van der Waals surface area contributed by atoms with Gasteiger partial charge in [-0.2, -0.15) is 0 Å². The van der Waals surface area contributed by atoms with Crippen molar-refractivity contribution in [3.8, 4) is 0 Å². The number of piperazine rings is 1. The number of carbonyl (C=O) groups excluding carboxylic acids is 1. The van der Waals surface area contributed by atoms with Crippen LogP contribution in [0.3, 0.4) is 0 Å². The molecule has 1 aliphatic heterocycles. The van der Waals surface area contributed by atoms with Crippen LogP contribution in [0, 0.1) is 0 Å². The lowest BCUT2D eigenvalue weighted by molar-refractivity contribution is 0.0742. The van der Waals surface area contributed by atoms with Gasteiger partial charge >= 0.3 is 6.03 Å². The molecule has 0 saturated carbocycles. The van der Waals surface area contributed by atoms with Crippen LogP contribution in [0.2, 0.25) is 0 Å². The number of hydrogen-bond donors (Lipinski definition) is 1. The number of hydrogen-bond acceptors (Lipinski definition) is 3. The first-order valence-electron chi connectivity index (χ1n) is 7.14. The zero-order chi connectivity index (χ0) is 14.6. The first kappa shape index (κ1) is 14.8. The highest BCUT2D eigenvalue weighted by atomic mass is 16.2. The third kappa shape index (κ3) is 3.93. The van der Waals surface area contributed by atoms with Crippen molar-refractivity contribution < 1.29 is 4.79 Å². The number of nitrogens with zero attached hydrogens (tertiary/aromatic N) is 3. The lowest BCUT2D eigenvalue weighted by atomic mass is 10.1. The van der Waals surface area contributed by atoms with Gasteiger partial charge in [-0.3, -0.25) is 9.88 Å². The van der Waals surface area contributed by atoms with E-state index in [1.165, 1.54) is 0 Å². The van der Waals surface area contributed by atoms with Crippen LogP contribution in [0.5, 0.6) is 0 Å². The van der Waals surface area contributed by atoms with Gasteiger partial charge in [0.2, 0.25) is 0 Å². The van der Waals surface area contributed by atoms with Crippen molar-refractivity contribution in [1.29, 1.82) is 0 Å². The SMILES string of the molecule is CC(C)(C)N1CCN(C(=O)NCc2ccccn2)CC1. The van der Waals surface area contributed by atoms with Gasteiger partial charge in [0, 0.05) is 37.9 Å². The molecule has 2 amide bonds. The summed E-state index contributed by atoms with van der Waals surface area (Å²) in [5.41, 5.74) is 1.06. The topological polar surface area (TPSA) is 48.5 Å². The molecular formula is C15H24N4O. The van der Waals surface area contributed by atoms with Crippen LogP contribution in [0.1, 0.15) is 26.5 Å². The molecule has 0 bridgehead atoms. The number of urea groups is 1. The highest BCUT2D eigenvalue weighted by molar-refractivity contribution is 5.74. The summed E-state index contributed by atoms with van der Waals surface area (Å²) in [6.07, 6.45) is 1.74. The van der Waals surface area contributed by atoms with E-state index < -0.39 is 0 Å². The number of amides is 2. The zero-order valence-corrected chi connectivity index (χ0v) is 12.6. The second-order valence-electron chi connectivity index (χ2n) is 6.12. The van der Waals surface area contributed by atoms with Crippen LogP contribution >= 0.6 is 0 Å². The molecule has 5 nitrogen and oxygen atoms in total. The molecule has 110 valence electrons. The van der Waals surface area contributed by atoms with Crippen molar-refractivity contribution in [1.82, 2.24) is 20.1 Å². The quantitative estimate of drug-likeness (QED) is 0.894. The van der Waals surface area contributed by atoms with E-state index in [0.29, 0.717) is 6.54 Å². The summed E-state index contributed by atoms with van der Waals surface area (Å²) >= 11 is 0. The van der Waals surface area contributed by atoms with Gasteiger partial charge in [0.15, 0.2) is 0 Å². The van der Waals surface area contributed by atoms with E-state index >= 15 is 0 Å². The second-order valence-corrected chi connectivity index (χ2v) is 6.12. The Kier molecular flexibility index (Phi) is 4.60. The second kappa shape index (κ2) is 6.22. The van der Waals surface area contributed by atoms with Crippen LogP contribution in [0.15, 0.2) is 24.4 Å². The summed E-state index contributed by atoms with van der Waals surface area (Å²) in [5, 5.41) is 2.93. The maximum absolute atomic E-state index is 12.1. The first-order chi connectivity index (χ1) is 9.47. The highest BCUT2D eigenvalue weighted by Crippen LogP contribution is 2.15. The molecule has 0 aliphatic carbocycles. The molecule has 0 atom stereocenters. The standard InChI is InChI=1S/C15H24N4O/c1-15(2,3)19-10-8-18(9-11-19)14(20)17-12-13-6-4-5-7-16-13/h4-7H,8-12H2,1-3H3,(H,17,20). The van der Waals surface area contributed by atoms with E-state index in [2.05, 4.69) is 36.0 Å². The van der Waals surface area contributed by atoms with E-state index in [9.17, 15) is 4.79 Å². The van der Waals surface area contributed by atoms with Crippen LogP contribution in [-0.2, 0) is 6.54 Å². The molecule has 20 heavy (non-hydrogen) atoms. The summed E-state index contributed by atoms with van der Waals surface area (Å²) in [4.78, 5) is 20.6. The van der Waals surface area contributed by atoms with E-state index in [4.69, 9.17) is 0 Å². The summed E-state index contributed by atoms with van der Waals surface area (Å²) in [6.45, 7) is 10.5. The van der Waals surface area contributed by atoms with Crippen molar-refractivity contribution in [2.45, 2.75) is 32.9 Å². The molecule has 0 unspecified atom stereocenters. The maximum Gasteiger partial charge on any atom is 0.317 e. The molecule has 1 aliphatic rings. The van der Waals surface area contributed by atoms with Crippen LogP contribution in [0.25, 0.3) is 0 Å². The largest absolute Gasteiger partial charge is 0.332 e. The fourth-order valence-corrected chi connectivity index (χ4v) is 2.36. The van der Waals surface area contributed by atoms with Gasteiger partial charge in [0.25, 0.3) is 0 Å². The van der Waals surface area contributed by atoms with Crippen molar-refractivity contribution in [2.75, 3.05) is 26.2 Å². The molecule has 0 aromatic carbocycles. The summed E-state index contributed by atoms with van der Waals surface area (Å²) in [5.74, 6) is 0. The van der Waals surface area contributed by atoms with Crippen molar-refractivity contribution in [3.05, 3.63) is 30.1 Å². The average molecular weight is 276 g/mol. The zero-order valence-electron chi connectivity index (χ0n) is 12.6. The number of nitrogens with one attached hydrogen (secondary N) is 1. The Balaban J connectivity index is 1.78. The van der Waals surface area contributed by atoms with Gasteiger partial charge in [-0.15, -0.1) is 0 Å². The van der Waals surface area contributed by atoms with Gasteiger partial charge in [0.1, 0.15) is 0 Å². The van der Waals surface area contributed by atoms with Crippen LogP contribution < -0.4 is 5.32 Å². The molecule has 2 rings (SSSR count). The molecule has 1 N–H and O–H groups in total. The Morgan fingerprint density at radius 3 is 2.50 bits per heavy atom. The molecule has 2 heterocycles. The molecule has 1 saturated heterocycles. The Morgan fingerprint density at radius 2 is 1.95 bits per heavy atom. The van der Waals surface area contributed by atoms with Gasteiger partial charge in [-0.25, -0.2) is 4.79 Å².